The first-order valence-corrected chi connectivity index (χ1v) is 11.4. The fourth-order valence-electron chi connectivity index (χ4n) is 3.91. The maximum atomic E-state index is 13.3. The lowest BCUT2D eigenvalue weighted by Gasteiger charge is -2.29. The summed E-state index contributed by atoms with van der Waals surface area (Å²) < 4.78 is 5.40. The molecule has 0 aliphatic carbocycles. The van der Waals surface area contributed by atoms with Crippen LogP contribution < -0.4 is 16.1 Å². The van der Waals surface area contributed by atoms with E-state index in [-0.39, 0.29) is 5.78 Å². The molecule has 2 atom stereocenters. The van der Waals surface area contributed by atoms with Gasteiger partial charge < -0.3 is 15.4 Å². The third-order valence-corrected chi connectivity index (χ3v) is 5.99. The highest BCUT2D eigenvalue weighted by molar-refractivity contribution is 6.33. The van der Waals surface area contributed by atoms with Crippen molar-refractivity contribution in [3.8, 4) is 0 Å². The van der Waals surface area contributed by atoms with Gasteiger partial charge in [-0.15, -0.1) is 0 Å². The minimum atomic E-state index is -0.826. The number of hydrogen-bond donors (Lipinski definition) is 3. The van der Waals surface area contributed by atoms with Gasteiger partial charge in [-0.25, -0.2) is 15.3 Å². The van der Waals surface area contributed by atoms with Crippen LogP contribution in [-0.4, -0.2) is 48.2 Å². The Balaban J connectivity index is 1.39. The molecule has 0 spiro atoms. The number of halogens is 1. The fourth-order valence-corrected chi connectivity index (χ4v) is 4.13. The number of nitrogens with one attached hydrogen (secondary N) is 3. The molecule has 1 aromatic heterocycles. The fraction of sp³-hybridized carbons (Fsp3) is 0.375. The normalized spacial score (nSPS) is 22.9. The minimum Gasteiger partial charge on any atom is -0.355 e. The van der Waals surface area contributed by atoms with Gasteiger partial charge in [0.25, 0.3) is 5.91 Å². The van der Waals surface area contributed by atoms with Gasteiger partial charge in [-0.2, -0.15) is 0 Å². The van der Waals surface area contributed by atoms with E-state index in [2.05, 4.69) is 21.1 Å². The molecule has 4 rings (SSSR count). The quantitative estimate of drug-likeness (QED) is 0.309. The van der Waals surface area contributed by atoms with Gasteiger partial charge in [0.15, 0.2) is 12.1 Å². The first kappa shape index (κ1) is 23.4. The Morgan fingerprint density at radius 3 is 2.82 bits per heavy atom. The van der Waals surface area contributed by atoms with Crippen molar-refractivity contribution < 1.29 is 19.2 Å². The van der Waals surface area contributed by atoms with Crippen molar-refractivity contribution in [3.05, 3.63) is 64.8 Å². The predicted molar refractivity (Wildman–Crippen MR) is 126 cm³/mol. The van der Waals surface area contributed by atoms with E-state index in [1.165, 1.54) is 6.08 Å². The van der Waals surface area contributed by atoms with Crippen molar-refractivity contribution in [2.75, 3.05) is 25.0 Å². The lowest BCUT2D eigenvalue weighted by atomic mass is 9.88. The number of ether oxygens (including phenoxy) is 1. The second kappa shape index (κ2) is 10.9. The number of ketones is 1. The molecule has 1 aromatic carbocycles. The zero-order chi connectivity index (χ0) is 23.1. The molecule has 3 heterocycles. The lowest BCUT2D eigenvalue weighted by molar-refractivity contribution is -0.198. The standard InChI is InChI=1S/C24H27ClN4O4/c25-19-14-17(9-10-20(30)29-33-21-8-4-5-13-32-21)15-27-23(19)28-24(11-12-26-16-24)22(31)18-6-2-1-3-7-18/h1-3,6-7,9-10,14-15,21,26H,4-5,8,11-13,16H2,(H,27,28)(H,29,30)/b10-9+/t21?,24-/m1/s1. The molecule has 2 fully saturated rings. The van der Waals surface area contributed by atoms with Gasteiger partial charge in [-0.3, -0.25) is 9.59 Å². The third-order valence-electron chi connectivity index (χ3n) is 5.70. The number of hydrogen-bond acceptors (Lipinski definition) is 7. The molecule has 0 saturated carbocycles. The van der Waals surface area contributed by atoms with Gasteiger partial charge >= 0.3 is 0 Å². The highest BCUT2D eigenvalue weighted by Gasteiger charge is 2.42. The summed E-state index contributed by atoms with van der Waals surface area (Å²) >= 11 is 6.47. The Bertz CT molecular complexity index is 1000. The molecular weight excluding hydrogens is 444 g/mol. The van der Waals surface area contributed by atoms with Crippen LogP contribution >= 0.6 is 11.6 Å². The summed E-state index contributed by atoms with van der Waals surface area (Å²) in [7, 11) is 0. The van der Waals surface area contributed by atoms with Crippen LogP contribution in [0.4, 0.5) is 5.82 Å². The molecule has 2 saturated heterocycles. The van der Waals surface area contributed by atoms with Crippen LogP contribution in [0.3, 0.4) is 0 Å². The second-order valence-corrected chi connectivity index (χ2v) is 8.55. The molecule has 2 aliphatic rings. The van der Waals surface area contributed by atoms with Crippen LogP contribution in [0.25, 0.3) is 6.08 Å². The number of carbonyl (C=O) groups is 2. The summed E-state index contributed by atoms with van der Waals surface area (Å²) in [5.41, 5.74) is 2.82. The van der Waals surface area contributed by atoms with E-state index in [1.807, 2.05) is 30.3 Å². The van der Waals surface area contributed by atoms with Crippen LogP contribution in [0.1, 0.15) is 41.6 Å². The van der Waals surface area contributed by atoms with E-state index < -0.39 is 17.7 Å². The molecule has 3 N–H and O–H groups in total. The van der Waals surface area contributed by atoms with Gasteiger partial charge in [-0.05, 0) is 43.5 Å². The first-order valence-electron chi connectivity index (χ1n) is 11.1. The average molecular weight is 471 g/mol. The van der Waals surface area contributed by atoms with Crippen molar-refractivity contribution in [2.45, 2.75) is 37.5 Å². The average Bonchev–Trinajstić information content (AvgIpc) is 3.33. The number of nitrogens with zero attached hydrogens (tertiary/aromatic N) is 1. The van der Waals surface area contributed by atoms with Gasteiger partial charge in [0.05, 0.1) is 5.02 Å². The Labute approximate surface area is 197 Å². The van der Waals surface area contributed by atoms with Crippen LogP contribution in [-0.2, 0) is 14.4 Å². The summed E-state index contributed by atoms with van der Waals surface area (Å²) in [6.07, 6.45) is 7.49. The van der Waals surface area contributed by atoms with E-state index in [1.54, 1.807) is 18.3 Å². The molecule has 0 radical (unpaired) electrons. The summed E-state index contributed by atoms with van der Waals surface area (Å²) in [4.78, 5) is 34.9. The van der Waals surface area contributed by atoms with Crippen molar-refractivity contribution in [2.24, 2.45) is 0 Å². The van der Waals surface area contributed by atoms with Crippen molar-refractivity contribution >= 4 is 35.2 Å². The summed E-state index contributed by atoms with van der Waals surface area (Å²) in [5, 5.41) is 6.89. The molecule has 8 nitrogen and oxygen atoms in total. The molecule has 2 aliphatic heterocycles. The molecular formula is C24H27ClN4O4. The van der Waals surface area contributed by atoms with E-state index in [9.17, 15) is 9.59 Å². The molecule has 0 bridgehead atoms. The number of carbonyl (C=O) groups excluding carboxylic acids is 2. The smallest absolute Gasteiger partial charge is 0.267 e. The Morgan fingerprint density at radius 1 is 1.27 bits per heavy atom. The Kier molecular flexibility index (Phi) is 7.72. The monoisotopic (exact) mass is 470 g/mol. The second-order valence-electron chi connectivity index (χ2n) is 8.14. The predicted octanol–water partition coefficient (Wildman–Crippen LogP) is 3.35. The molecule has 174 valence electrons. The molecule has 1 amide bonds. The van der Waals surface area contributed by atoms with E-state index in [4.69, 9.17) is 21.2 Å². The number of aromatic nitrogens is 1. The summed E-state index contributed by atoms with van der Waals surface area (Å²) in [6.45, 7) is 1.83. The number of pyridine rings is 1. The zero-order valence-corrected chi connectivity index (χ0v) is 18.9. The zero-order valence-electron chi connectivity index (χ0n) is 18.2. The maximum Gasteiger partial charge on any atom is 0.267 e. The van der Waals surface area contributed by atoms with Crippen LogP contribution in [0.15, 0.2) is 48.7 Å². The summed E-state index contributed by atoms with van der Waals surface area (Å²) in [5.74, 6) is 0.00419. The van der Waals surface area contributed by atoms with Crippen molar-refractivity contribution in [3.63, 3.8) is 0 Å². The lowest BCUT2D eigenvalue weighted by Crippen LogP contribution is -2.48. The highest BCUT2D eigenvalue weighted by Crippen LogP contribution is 2.29. The summed E-state index contributed by atoms with van der Waals surface area (Å²) in [6, 6.07) is 10.9. The minimum absolute atomic E-state index is 0.00597. The number of hydroxylamine groups is 1. The first-order chi connectivity index (χ1) is 16.1. The maximum absolute atomic E-state index is 13.3. The molecule has 2 aromatic rings. The van der Waals surface area contributed by atoms with Crippen LogP contribution in [0.2, 0.25) is 5.02 Å². The largest absolute Gasteiger partial charge is 0.355 e. The molecule has 1 unspecified atom stereocenters. The topological polar surface area (TPSA) is 102 Å². The van der Waals surface area contributed by atoms with Crippen molar-refractivity contribution in [1.29, 1.82) is 0 Å². The van der Waals surface area contributed by atoms with E-state index in [0.29, 0.717) is 48.1 Å². The van der Waals surface area contributed by atoms with Crippen LogP contribution in [0.5, 0.6) is 0 Å². The van der Waals surface area contributed by atoms with Gasteiger partial charge in [0.1, 0.15) is 11.4 Å². The molecule has 9 heteroatoms. The number of amides is 1. The Hall–Kier alpha value is -2.78. The number of benzene rings is 1. The number of anilines is 1. The number of rotatable bonds is 8. The SMILES string of the molecule is O=C(/C=C/c1cnc(N[C@]2(C(=O)c3ccccc3)CCNC2)c(Cl)c1)NOC1CCCCO1. The van der Waals surface area contributed by atoms with Crippen LogP contribution in [0, 0.1) is 0 Å². The van der Waals surface area contributed by atoms with Crippen molar-refractivity contribution in [1.82, 2.24) is 15.8 Å². The van der Waals surface area contributed by atoms with Gasteiger partial charge in [0, 0.05) is 37.4 Å². The number of Topliss-reactive ketones (excluding diaryl/α,β-unsaturated/α-hetero) is 1. The van der Waals surface area contributed by atoms with E-state index >= 15 is 0 Å². The van der Waals surface area contributed by atoms with E-state index in [0.717, 1.165) is 19.3 Å². The van der Waals surface area contributed by atoms with Gasteiger partial charge in [0.2, 0.25) is 0 Å². The molecule has 33 heavy (non-hydrogen) atoms. The van der Waals surface area contributed by atoms with Gasteiger partial charge in [-0.1, -0.05) is 41.9 Å². The Morgan fingerprint density at radius 2 is 2.12 bits per heavy atom. The highest BCUT2D eigenvalue weighted by atomic mass is 35.5. The third kappa shape index (κ3) is 5.97.